The average Bonchev–Trinajstić information content (AvgIpc) is 3.24. The van der Waals surface area contributed by atoms with Crippen LogP contribution in [0.4, 0.5) is 0 Å². The van der Waals surface area contributed by atoms with Crippen molar-refractivity contribution in [1.29, 1.82) is 0 Å². The second kappa shape index (κ2) is 6.16. The first-order valence-electron chi connectivity index (χ1n) is 7.33. The third-order valence-electron chi connectivity index (χ3n) is 4.23. The van der Waals surface area contributed by atoms with Gasteiger partial charge in [0.1, 0.15) is 6.04 Å². The highest BCUT2D eigenvalue weighted by molar-refractivity contribution is 8.13. The van der Waals surface area contributed by atoms with Crippen molar-refractivity contribution in [2.24, 2.45) is 10.4 Å². The van der Waals surface area contributed by atoms with E-state index in [0.29, 0.717) is 11.5 Å². The molecule has 19 heavy (non-hydrogen) atoms. The van der Waals surface area contributed by atoms with Crippen LogP contribution in [-0.2, 0) is 4.79 Å². The molecule has 0 spiro atoms. The van der Waals surface area contributed by atoms with E-state index in [1.807, 2.05) is 6.92 Å². The van der Waals surface area contributed by atoms with E-state index in [9.17, 15) is 4.79 Å². The SMILES string of the molecule is CCC1(CC)CN=C(NC(C)C(=O)NC2CC2)SC1. The first-order valence-corrected chi connectivity index (χ1v) is 8.31. The Bertz CT molecular complexity index is 362. The normalized spacial score (nSPS) is 23.4. The maximum absolute atomic E-state index is 11.9. The number of carbonyl (C=O) groups is 1. The Morgan fingerprint density at radius 1 is 1.47 bits per heavy atom. The maximum Gasteiger partial charge on any atom is 0.242 e. The van der Waals surface area contributed by atoms with Crippen LogP contribution in [0, 0.1) is 5.41 Å². The predicted molar refractivity (Wildman–Crippen MR) is 81.5 cm³/mol. The average molecular weight is 283 g/mol. The van der Waals surface area contributed by atoms with Crippen LogP contribution in [0.25, 0.3) is 0 Å². The van der Waals surface area contributed by atoms with Gasteiger partial charge in [0.05, 0.1) is 0 Å². The van der Waals surface area contributed by atoms with Crippen molar-refractivity contribution in [2.75, 3.05) is 12.3 Å². The third-order valence-corrected chi connectivity index (χ3v) is 5.51. The molecule has 0 aromatic rings. The van der Waals surface area contributed by atoms with Gasteiger partial charge < -0.3 is 10.6 Å². The van der Waals surface area contributed by atoms with Gasteiger partial charge in [0.2, 0.25) is 5.91 Å². The summed E-state index contributed by atoms with van der Waals surface area (Å²) < 4.78 is 0. The Balaban J connectivity index is 1.82. The predicted octanol–water partition coefficient (Wildman–Crippen LogP) is 2.15. The maximum atomic E-state index is 11.9. The highest BCUT2D eigenvalue weighted by atomic mass is 32.2. The fraction of sp³-hybridized carbons (Fsp3) is 0.857. The molecular formula is C14H25N3OS. The first kappa shape index (κ1) is 14.7. The van der Waals surface area contributed by atoms with E-state index < -0.39 is 0 Å². The van der Waals surface area contributed by atoms with Crippen LogP contribution in [0.5, 0.6) is 0 Å². The fourth-order valence-corrected chi connectivity index (χ4v) is 3.48. The van der Waals surface area contributed by atoms with Gasteiger partial charge in [-0.3, -0.25) is 9.79 Å². The van der Waals surface area contributed by atoms with Crippen LogP contribution in [-0.4, -0.2) is 35.5 Å². The van der Waals surface area contributed by atoms with Crippen LogP contribution < -0.4 is 10.6 Å². The van der Waals surface area contributed by atoms with Crippen molar-refractivity contribution >= 4 is 22.8 Å². The van der Waals surface area contributed by atoms with Gasteiger partial charge in [-0.25, -0.2) is 0 Å². The quantitative estimate of drug-likeness (QED) is 0.813. The van der Waals surface area contributed by atoms with E-state index in [2.05, 4.69) is 29.5 Å². The van der Waals surface area contributed by atoms with E-state index in [0.717, 1.165) is 30.3 Å². The summed E-state index contributed by atoms with van der Waals surface area (Å²) >= 11 is 1.76. The zero-order chi connectivity index (χ0) is 13.9. The van der Waals surface area contributed by atoms with Gasteiger partial charge >= 0.3 is 0 Å². The first-order chi connectivity index (χ1) is 9.08. The Morgan fingerprint density at radius 2 is 2.16 bits per heavy atom. The van der Waals surface area contributed by atoms with E-state index in [4.69, 9.17) is 0 Å². The molecule has 1 atom stereocenters. The molecular weight excluding hydrogens is 258 g/mol. The molecule has 1 unspecified atom stereocenters. The molecule has 0 aromatic carbocycles. The molecule has 1 amide bonds. The number of amides is 1. The minimum absolute atomic E-state index is 0.0913. The minimum atomic E-state index is -0.192. The Hall–Kier alpha value is -0.710. The Labute approximate surface area is 120 Å². The summed E-state index contributed by atoms with van der Waals surface area (Å²) in [5.41, 5.74) is 0.357. The number of thioether (sulfide) groups is 1. The summed E-state index contributed by atoms with van der Waals surface area (Å²) in [6, 6.07) is 0.230. The number of carbonyl (C=O) groups excluding carboxylic acids is 1. The lowest BCUT2D eigenvalue weighted by Gasteiger charge is -2.33. The number of amidine groups is 1. The molecule has 0 bridgehead atoms. The summed E-state index contributed by atoms with van der Waals surface area (Å²) in [6.07, 6.45) is 4.60. The Kier molecular flexibility index (Phi) is 4.76. The number of nitrogens with one attached hydrogen (secondary N) is 2. The van der Waals surface area contributed by atoms with Gasteiger partial charge in [0.25, 0.3) is 0 Å². The molecule has 2 rings (SSSR count). The molecule has 2 aliphatic rings. The van der Waals surface area contributed by atoms with Crippen LogP contribution in [0.3, 0.4) is 0 Å². The number of rotatable bonds is 5. The molecule has 1 fully saturated rings. The van der Waals surface area contributed by atoms with Crippen LogP contribution >= 0.6 is 11.8 Å². The highest BCUT2D eigenvalue weighted by Crippen LogP contribution is 2.34. The lowest BCUT2D eigenvalue weighted by Crippen LogP contribution is -2.46. The molecule has 5 heteroatoms. The van der Waals surface area contributed by atoms with Crippen LogP contribution in [0.15, 0.2) is 4.99 Å². The molecule has 0 saturated heterocycles. The smallest absolute Gasteiger partial charge is 0.242 e. The van der Waals surface area contributed by atoms with Gasteiger partial charge in [0.15, 0.2) is 5.17 Å². The van der Waals surface area contributed by atoms with E-state index in [-0.39, 0.29) is 11.9 Å². The molecule has 0 radical (unpaired) electrons. The molecule has 1 aliphatic heterocycles. The lowest BCUT2D eigenvalue weighted by atomic mass is 9.84. The van der Waals surface area contributed by atoms with Crippen molar-refractivity contribution < 1.29 is 4.79 Å². The fourth-order valence-electron chi connectivity index (χ4n) is 2.12. The van der Waals surface area contributed by atoms with Gasteiger partial charge in [0, 0.05) is 18.3 Å². The number of hydrogen-bond acceptors (Lipinski definition) is 4. The zero-order valence-electron chi connectivity index (χ0n) is 12.2. The molecule has 108 valence electrons. The van der Waals surface area contributed by atoms with Crippen molar-refractivity contribution in [2.45, 2.75) is 58.5 Å². The molecule has 2 N–H and O–H groups in total. The topological polar surface area (TPSA) is 53.5 Å². The monoisotopic (exact) mass is 283 g/mol. The van der Waals surface area contributed by atoms with Crippen molar-refractivity contribution in [3.05, 3.63) is 0 Å². The van der Waals surface area contributed by atoms with Gasteiger partial charge in [-0.1, -0.05) is 25.6 Å². The number of nitrogens with zero attached hydrogens (tertiary/aromatic N) is 1. The second-order valence-electron chi connectivity index (χ2n) is 5.77. The molecule has 1 heterocycles. The summed E-state index contributed by atoms with van der Waals surface area (Å²) in [4.78, 5) is 16.5. The Morgan fingerprint density at radius 3 is 2.63 bits per heavy atom. The minimum Gasteiger partial charge on any atom is -0.353 e. The van der Waals surface area contributed by atoms with Crippen LogP contribution in [0.2, 0.25) is 0 Å². The second-order valence-corrected chi connectivity index (χ2v) is 6.73. The summed E-state index contributed by atoms with van der Waals surface area (Å²) in [5.74, 6) is 1.19. The largest absolute Gasteiger partial charge is 0.353 e. The molecule has 1 saturated carbocycles. The van der Waals surface area contributed by atoms with E-state index in [1.165, 1.54) is 12.8 Å². The summed E-state index contributed by atoms with van der Waals surface area (Å²) in [6.45, 7) is 7.27. The van der Waals surface area contributed by atoms with Crippen LogP contribution in [0.1, 0.15) is 46.5 Å². The molecule has 4 nitrogen and oxygen atoms in total. The standard InChI is InChI=1S/C14H25N3OS/c1-4-14(5-2)8-15-13(19-9-14)16-10(3)12(18)17-11-6-7-11/h10-11H,4-9H2,1-3H3,(H,15,16)(H,17,18). The van der Waals surface area contributed by atoms with Gasteiger partial charge in [-0.15, -0.1) is 0 Å². The summed E-state index contributed by atoms with van der Waals surface area (Å²) in [5, 5.41) is 7.18. The summed E-state index contributed by atoms with van der Waals surface area (Å²) in [7, 11) is 0. The highest BCUT2D eigenvalue weighted by Gasteiger charge is 2.31. The van der Waals surface area contributed by atoms with Gasteiger partial charge in [-0.2, -0.15) is 0 Å². The van der Waals surface area contributed by atoms with Crippen molar-refractivity contribution in [3.8, 4) is 0 Å². The van der Waals surface area contributed by atoms with Gasteiger partial charge in [-0.05, 0) is 38.0 Å². The molecule has 1 aliphatic carbocycles. The third kappa shape index (κ3) is 3.88. The van der Waals surface area contributed by atoms with Crippen molar-refractivity contribution in [3.63, 3.8) is 0 Å². The zero-order valence-corrected chi connectivity index (χ0v) is 13.0. The van der Waals surface area contributed by atoms with E-state index in [1.54, 1.807) is 11.8 Å². The lowest BCUT2D eigenvalue weighted by molar-refractivity contribution is -0.122. The van der Waals surface area contributed by atoms with Crippen molar-refractivity contribution in [1.82, 2.24) is 10.6 Å². The number of hydrogen-bond donors (Lipinski definition) is 2. The number of aliphatic imine (C=N–C) groups is 1. The molecule has 0 aromatic heterocycles. The van der Waals surface area contributed by atoms with E-state index >= 15 is 0 Å².